The van der Waals surface area contributed by atoms with E-state index in [1.54, 1.807) is 24.3 Å². The van der Waals surface area contributed by atoms with Crippen LogP contribution in [0.1, 0.15) is 29.7 Å². The molecule has 1 atom stereocenters. The number of rotatable bonds is 6. The molecule has 1 aliphatic heterocycles. The molecule has 0 radical (unpaired) electrons. The van der Waals surface area contributed by atoms with Crippen molar-refractivity contribution in [1.29, 1.82) is 0 Å². The summed E-state index contributed by atoms with van der Waals surface area (Å²) < 4.78 is 11.7. The summed E-state index contributed by atoms with van der Waals surface area (Å²) in [4.78, 5) is 32.8. The van der Waals surface area contributed by atoms with Gasteiger partial charge in [-0.3, -0.25) is 14.5 Å². The van der Waals surface area contributed by atoms with E-state index in [0.29, 0.717) is 39.9 Å². The van der Waals surface area contributed by atoms with Crippen molar-refractivity contribution in [2.75, 3.05) is 18.6 Å². The van der Waals surface area contributed by atoms with Crippen molar-refractivity contribution in [2.45, 2.75) is 19.9 Å². The zero-order valence-electron chi connectivity index (χ0n) is 20.0. The number of hydrogen-bond acceptors (Lipinski definition) is 7. The molecule has 0 bridgehead atoms. The number of methoxy groups -OCH3 is 1. The Hall–Kier alpha value is -4.17. The fourth-order valence-corrected chi connectivity index (χ4v) is 5.29. The van der Waals surface area contributed by atoms with Gasteiger partial charge in [-0.2, -0.15) is 0 Å². The Morgan fingerprint density at radius 2 is 1.83 bits per heavy atom. The number of hydrogen-bond donors (Lipinski definition) is 1. The number of benzene rings is 3. The average Bonchev–Trinajstić information content (AvgIpc) is 3.42. The predicted molar refractivity (Wildman–Crippen MR) is 140 cm³/mol. The highest BCUT2D eigenvalue weighted by Gasteiger charge is 2.48. The minimum atomic E-state index is -0.844. The van der Waals surface area contributed by atoms with Crippen LogP contribution < -0.4 is 14.4 Å². The minimum Gasteiger partial charge on any atom is -0.507 e. The molecule has 8 heteroatoms. The van der Waals surface area contributed by atoms with Gasteiger partial charge in [-0.15, -0.1) is 0 Å². The van der Waals surface area contributed by atoms with E-state index in [1.807, 2.05) is 56.3 Å². The van der Waals surface area contributed by atoms with Gasteiger partial charge in [0.25, 0.3) is 5.78 Å². The SMILES string of the molecule is CCOc1ccc2nc(N3C(=O)C(=O)/C(=C(/O)c4cccc(OC)c4)C3c3ccc(C)cc3)sc2c1. The summed E-state index contributed by atoms with van der Waals surface area (Å²) in [5.74, 6) is -0.545. The van der Waals surface area contributed by atoms with E-state index in [2.05, 4.69) is 4.98 Å². The lowest BCUT2D eigenvalue weighted by Gasteiger charge is -2.23. The third-order valence-electron chi connectivity index (χ3n) is 6.05. The predicted octanol–water partition coefficient (Wildman–Crippen LogP) is 5.64. The number of anilines is 1. The zero-order chi connectivity index (χ0) is 25.4. The quantitative estimate of drug-likeness (QED) is 0.209. The molecule has 7 nitrogen and oxygen atoms in total. The fourth-order valence-electron chi connectivity index (χ4n) is 4.27. The molecule has 1 aliphatic rings. The molecule has 4 aromatic rings. The van der Waals surface area contributed by atoms with Gasteiger partial charge in [-0.25, -0.2) is 4.98 Å². The second-order valence-electron chi connectivity index (χ2n) is 8.37. The average molecular weight is 501 g/mol. The Balaban J connectivity index is 1.69. The topological polar surface area (TPSA) is 89.0 Å². The minimum absolute atomic E-state index is 0.00590. The molecule has 182 valence electrons. The van der Waals surface area contributed by atoms with E-state index in [0.717, 1.165) is 10.3 Å². The van der Waals surface area contributed by atoms with E-state index in [4.69, 9.17) is 9.47 Å². The number of carbonyl (C=O) groups is 2. The number of Topliss-reactive ketones (excluding diaryl/α,β-unsaturated/α-hetero) is 1. The number of nitrogens with zero attached hydrogens (tertiary/aromatic N) is 2. The van der Waals surface area contributed by atoms with Crippen molar-refractivity contribution >= 4 is 44.1 Å². The van der Waals surface area contributed by atoms with Crippen LogP contribution >= 0.6 is 11.3 Å². The number of aliphatic hydroxyl groups excluding tert-OH is 1. The third kappa shape index (κ3) is 4.09. The maximum atomic E-state index is 13.4. The highest BCUT2D eigenvalue weighted by Crippen LogP contribution is 2.44. The van der Waals surface area contributed by atoms with Gasteiger partial charge in [-0.05, 0) is 49.7 Å². The van der Waals surface area contributed by atoms with Gasteiger partial charge >= 0.3 is 5.91 Å². The van der Waals surface area contributed by atoms with Crippen LogP contribution in [0.2, 0.25) is 0 Å². The molecule has 1 amide bonds. The van der Waals surface area contributed by atoms with Crippen LogP contribution in [0.4, 0.5) is 5.13 Å². The number of ketones is 1. The summed E-state index contributed by atoms with van der Waals surface area (Å²) in [5.41, 5.74) is 2.81. The molecule has 0 aliphatic carbocycles. The summed E-state index contributed by atoms with van der Waals surface area (Å²) in [6.07, 6.45) is 0. The molecule has 0 saturated carbocycles. The van der Waals surface area contributed by atoms with E-state index in [-0.39, 0.29) is 11.3 Å². The van der Waals surface area contributed by atoms with Crippen LogP contribution in [0.3, 0.4) is 0 Å². The van der Waals surface area contributed by atoms with Crippen LogP contribution in [0.15, 0.2) is 72.3 Å². The second-order valence-corrected chi connectivity index (χ2v) is 9.38. The van der Waals surface area contributed by atoms with Crippen LogP contribution in [0.5, 0.6) is 11.5 Å². The molecule has 1 aromatic heterocycles. The number of ether oxygens (including phenoxy) is 2. The Morgan fingerprint density at radius 1 is 1.06 bits per heavy atom. The van der Waals surface area contributed by atoms with Crippen molar-refractivity contribution in [3.63, 3.8) is 0 Å². The van der Waals surface area contributed by atoms with E-state index >= 15 is 0 Å². The monoisotopic (exact) mass is 500 g/mol. The van der Waals surface area contributed by atoms with E-state index in [1.165, 1.54) is 23.3 Å². The van der Waals surface area contributed by atoms with Crippen molar-refractivity contribution in [3.8, 4) is 11.5 Å². The van der Waals surface area contributed by atoms with Crippen molar-refractivity contribution in [3.05, 3.63) is 89.0 Å². The Labute approximate surface area is 212 Å². The van der Waals surface area contributed by atoms with Gasteiger partial charge in [0.15, 0.2) is 5.13 Å². The molecule has 2 heterocycles. The van der Waals surface area contributed by atoms with Crippen molar-refractivity contribution in [1.82, 2.24) is 4.98 Å². The highest BCUT2D eigenvalue weighted by molar-refractivity contribution is 7.22. The number of aromatic nitrogens is 1. The zero-order valence-corrected chi connectivity index (χ0v) is 20.8. The number of amides is 1. The lowest BCUT2D eigenvalue weighted by molar-refractivity contribution is -0.132. The fraction of sp³-hybridized carbons (Fsp3) is 0.179. The molecule has 0 spiro atoms. The van der Waals surface area contributed by atoms with Crippen LogP contribution in [-0.2, 0) is 9.59 Å². The first-order chi connectivity index (χ1) is 17.4. The molecule has 5 rings (SSSR count). The summed E-state index contributed by atoms with van der Waals surface area (Å²) in [7, 11) is 1.52. The van der Waals surface area contributed by atoms with Crippen LogP contribution in [0.25, 0.3) is 16.0 Å². The number of thiazole rings is 1. The first-order valence-corrected chi connectivity index (χ1v) is 12.3. The second kappa shape index (κ2) is 9.47. The van der Waals surface area contributed by atoms with E-state index < -0.39 is 17.7 Å². The lowest BCUT2D eigenvalue weighted by atomic mass is 9.95. The summed E-state index contributed by atoms with van der Waals surface area (Å²) >= 11 is 1.30. The molecule has 1 N–H and O–H groups in total. The molecule has 1 saturated heterocycles. The summed E-state index contributed by atoms with van der Waals surface area (Å²) in [6, 6.07) is 19.0. The van der Waals surface area contributed by atoms with Gasteiger partial charge in [0, 0.05) is 5.56 Å². The molecule has 1 unspecified atom stereocenters. The highest BCUT2D eigenvalue weighted by atomic mass is 32.1. The number of aryl methyl sites for hydroxylation is 1. The lowest BCUT2D eigenvalue weighted by Crippen LogP contribution is -2.29. The van der Waals surface area contributed by atoms with E-state index in [9.17, 15) is 14.7 Å². The maximum Gasteiger partial charge on any atom is 0.301 e. The maximum absolute atomic E-state index is 13.4. The number of aliphatic hydroxyl groups is 1. The van der Waals surface area contributed by atoms with Crippen molar-refractivity contribution in [2.24, 2.45) is 0 Å². The Bertz CT molecular complexity index is 1510. The first kappa shape index (κ1) is 23.6. The molecular weight excluding hydrogens is 476 g/mol. The summed E-state index contributed by atoms with van der Waals surface area (Å²) in [6.45, 7) is 4.40. The number of carbonyl (C=O) groups excluding carboxylic acids is 2. The number of fused-ring (bicyclic) bond motifs is 1. The molecule has 1 fully saturated rings. The first-order valence-electron chi connectivity index (χ1n) is 11.5. The Morgan fingerprint density at radius 3 is 2.56 bits per heavy atom. The third-order valence-corrected chi connectivity index (χ3v) is 7.06. The summed E-state index contributed by atoms with van der Waals surface area (Å²) in [5, 5.41) is 11.7. The smallest absolute Gasteiger partial charge is 0.301 e. The van der Waals surface area contributed by atoms with Gasteiger partial charge in [0.1, 0.15) is 17.3 Å². The molecular formula is C28H24N2O5S. The Kier molecular flexibility index (Phi) is 6.20. The van der Waals surface area contributed by atoms with Crippen LogP contribution in [-0.4, -0.2) is 35.5 Å². The van der Waals surface area contributed by atoms with Gasteiger partial charge in [0.05, 0.1) is 35.5 Å². The van der Waals surface area contributed by atoms with Gasteiger partial charge in [0.2, 0.25) is 0 Å². The van der Waals surface area contributed by atoms with Crippen molar-refractivity contribution < 1.29 is 24.2 Å². The largest absolute Gasteiger partial charge is 0.507 e. The van der Waals surface area contributed by atoms with Gasteiger partial charge < -0.3 is 14.6 Å². The normalized spacial score (nSPS) is 17.1. The molecule has 36 heavy (non-hydrogen) atoms. The van der Waals surface area contributed by atoms with Gasteiger partial charge in [-0.1, -0.05) is 53.3 Å². The molecule has 3 aromatic carbocycles. The van der Waals surface area contributed by atoms with Crippen LogP contribution in [0, 0.1) is 6.92 Å². The standard InChI is InChI=1S/C28H24N2O5S/c1-4-35-20-12-13-21-22(15-20)36-28(29-21)30-24(17-10-8-16(2)9-11-17)23(26(32)27(30)33)25(31)18-6-5-7-19(14-18)34-3/h5-15,24,31H,4H2,1-3H3/b25-23+.